The normalized spacial score (nSPS) is 15.1. The molecule has 1 aromatic carbocycles. The number of halogens is 1. The lowest BCUT2D eigenvalue weighted by Gasteiger charge is -2.24. The molecule has 0 spiro atoms. The number of nitrogens with one attached hydrogen (secondary N) is 1. The van der Waals surface area contributed by atoms with Crippen LogP contribution in [0.25, 0.3) is 0 Å². The van der Waals surface area contributed by atoms with Gasteiger partial charge in [0.1, 0.15) is 6.61 Å². The van der Waals surface area contributed by atoms with E-state index in [1.165, 1.54) is 0 Å². The van der Waals surface area contributed by atoms with E-state index < -0.39 is 0 Å². The quantitative estimate of drug-likeness (QED) is 0.251. The molecule has 20 heavy (non-hydrogen) atoms. The summed E-state index contributed by atoms with van der Waals surface area (Å²) in [6, 6.07) is 7.68. The SMILES string of the molecule is CC(NOC/C(N)=N/O)C(CCN)c1ccc(Cl)cc1. The highest BCUT2D eigenvalue weighted by Crippen LogP contribution is 2.24. The second-order valence-corrected chi connectivity index (χ2v) is 4.96. The van der Waals surface area contributed by atoms with Crippen molar-refractivity contribution in [3.05, 3.63) is 34.9 Å². The average molecular weight is 301 g/mol. The average Bonchev–Trinajstić information content (AvgIpc) is 2.45. The molecule has 6 N–H and O–H groups in total. The van der Waals surface area contributed by atoms with Crippen molar-refractivity contribution in [3.8, 4) is 0 Å². The molecule has 6 nitrogen and oxygen atoms in total. The van der Waals surface area contributed by atoms with E-state index in [0.29, 0.717) is 11.6 Å². The van der Waals surface area contributed by atoms with Crippen LogP contribution in [0.15, 0.2) is 29.4 Å². The minimum atomic E-state index is 0.00608. The molecule has 0 fully saturated rings. The van der Waals surface area contributed by atoms with Crippen LogP contribution in [0.1, 0.15) is 24.8 Å². The summed E-state index contributed by atoms with van der Waals surface area (Å²) in [7, 11) is 0. The van der Waals surface area contributed by atoms with Crippen molar-refractivity contribution in [3.63, 3.8) is 0 Å². The number of hydroxylamine groups is 1. The second kappa shape index (κ2) is 8.76. The van der Waals surface area contributed by atoms with Crippen LogP contribution in [0.4, 0.5) is 0 Å². The maximum atomic E-state index is 8.42. The summed E-state index contributed by atoms with van der Waals surface area (Å²) in [5.74, 6) is 0.191. The van der Waals surface area contributed by atoms with E-state index in [2.05, 4.69) is 10.6 Å². The highest BCUT2D eigenvalue weighted by molar-refractivity contribution is 6.30. The third-order valence-corrected chi connectivity index (χ3v) is 3.25. The van der Waals surface area contributed by atoms with Crippen LogP contribution < -0.4 is 16.9 Å². The topological polar surface area (TPSA) is 106 Å². The van der Waals surface area contributed by atoms with Gasteiger partial charge in [0.25, 0.3) is 0 Å². The third kappa shape index (κ3) is 5.34. The van der Waals surface area contributed by atoms with Gasteiger partial charge in [-0.05, 0) is 37.6 Å². The zero-order valence-corrected chi connectivity index (χ0v) is 12.2. The molecule has 0 radical (unpaired) electrons. The smallest absolute Gasteiger partial charge is 0.167 e. The zero-order chi connectivity index (χ0) is 15.0. The van der Waals surface area contributed by atoms with Gasteiger partial charge in [0.15, 0.2) is 5.84 Å². The Morgan fingerprint density at radius 2 is 2.10 bits per heavy atom. The van der Waals surface area contributed by atoms with E-state index in [1.807, 2.05) is 31.2 Å². The largest absolute Gasteiger partial charge is 0.409 e. The Hall–Kier alpha value is -1.34. The maximum absolute atomic E-state index is 8.42. The Balaban J connectivity index is 2.62. The molecule has 0 aliphatic carbocycles. The molecule has 2 atom stereocenters. The van der Waals surface area contributed by atoms with Crippen LogP contribution in [0.3, 0.4) is 0 Å². The molecule has 7 heteroatoms. The molecule has 0 saturated heterocycles. The lowest BCUT2D eigenvalue weighted by atomic mass is 9.90. The van der Waals surface area contributed by atoms with Crippen molar-refractivity contribution in [1.82, 2.24) is 5.48 Å². The van der Waals surface area contributed by atoms with Crippen LogP contribution in [0.2, 0.25) is 5.02 Å². The molecule has 0 aliphatic heterocycles. The summed E-state index contributed by atoms with van der Waals surface area (Å²) < 4.78 is 0. The van der Waals surface area contributed by atoms with Gasteiger partial charge in [-0.15, -0.1) is 0 Å². The molecule has 0 saturated carbocycles. The summed E-state index contributed by atoms with van der Waals surface area (Å²) >= 11 is 5.89. The Labute approximate surface area is 123 Å². The Kier molecular flexibility index (Phi) is 7.32. The summed E-state index contributed by atoms with van der Waals surface area (Å²) in [5.41, 5.74) is 15.0. The van der Waals surface area contributed by atoms with Gasteiger partial charge in [-0.1, -0.05) is 28.9 Å². The molecular formula is C13H21ClN4O2. The molecule has 1 aromatic rings. The van der Waals surface area contributed by atoms with Crippen LogP contribution in [-0.2, 0) is 4.84 Å². The van der Waals surface area contributed by atoms with Gasteiger partial charge < -0.3 is 16.7 Å². The minimum Gasteiger partial charge on any atom is -0.409 e. The van der Waals surface area contributed by atoms with Gasteiger partial charge >= 0.3 is 0 Å². The molecule has 0 heterocycles. The monoisotopic (exact) mass is 300 g/mol. The number of nitrogens with two attached hydrogens (primary N) is 2. The molecular weight excluding hydrogens is 280 g/mol. The number of hydrogen-bond acceptors (Lipinski definition) is 5. The first-order valence-electron chi connectivity index (χ1n) is 6.37. The predicted octanol–water partition coefficient (Wildman–Crippen LogP) is 1.43. The summed E-state index contributed by atoms with van der Waals surface area (Å²) in [6.07, 6.45) is 0.808. The van der Waals surface area contributed by atoms with Crippen molar-refractivity contribution >= 4 is 17.4 Å². The molecule has 1 rings (SSSR count). The Morgan fingerprint density at radius 1 is 1.45 bits per heavy atom. The first-order valence-corrected chi connectivity index (χ1v) is 6.75. The van der Waals surface area contributed by atoms with E-state index in [4.69, 9.17) is 33.1 Å². The molecule has 0 aliphatic rings. The fourth-order valence-corrected chi connectivity index (χ4v) is 2.08. The molecule has 0 aromatic heterocycles. The van der Waals surface area contributed by atoms with Gasteiger partial charge in [0, 0.05) is 17.0 Å². The lowest BCUT2D eigenvalue weighted by Crippen LogP contribution is -2.36. The van der Waals surface area contributed by atoms with Gasteiger partial charge in [0.2, 0.25) is 0 Å². The number of oxime groups is 1. The fraction of sp³-hybridized carbons (Fsp3) is 0.462. The number of hydrogen-bond donors (Lipinski definition) is 4. The van der Waals surface area contributed by atoms with Crippen molar-refractivity contribution in [2.45, 2.75) is 25.3 Å². The lowest BCUT2D eigenvalue weighted by molar-refractivity contribution is 0.0367. The highest BCUT2D eigenvalue weighted by Gasteiger charge is 2.19. The number of rotatable bonds is 8. The predicted molar refractivity (Wildman–Crippen MR) is 79.8 cm³/mol. The number of nitrogens with zero attached hydrogens (tertiary/aromatic N) is 1. The third-order valence-electron chi connectivity index (χ3n) is 3.00. The maximum Gasteiger partial charge on any atom is 0.167 e. The summed E-state index contributed by atoms with van der Waals surface area (Å²) in [4.78, 5) is 5.19. The van der Waals surface area contributed by atoms with E-state index in [-0.39, 0.29) is 24.4 Å². The molecule has 2 unspecified atom stereocenters. The van der Waals surface area contributed by atoms with Crippen molar-refractivity contribution in [2.24, 2.45) is 16.6 Å². The van der Waals surface area contributed by atoms with Gasteiger partial charge in [-0.25, -0.2) is 0 Å². The van der Waals surface area contributed by atoms with Crippen molar-refractivity contribution < 1.29 is 10.0 Å². The summed E-state index contributed by atoms with van der Waals surface area (Å²) in [6.45, 7) is 2.57. The standard InChI is InChI=1S/C13H21ClN4O2/c1-9(18-20-8-13(16)17-19)12(6-7-15)10-2-4-11(14)5-3-10/h2-5,9,12,18-19H,6-8,15H2,1H3,(H2,16,17). The van der Waals surface area contributed by atoms with Gasteiger partial charge in [0.05, 0.1) is 0 Å². The first kappa shape index (κ1) is 16.7. The van der Waals surface area contributed by atoms with Gasteiger partial charge in [-0.3, -0.25) is 4.84 Å². The van der Waals surface area contributed by atoms with Crippen LogP contribution in [0, 0.1) is 0 Å². The van der Waals surface area contributed by atoms with Crippen LogP contribution in [-0.4, -0.2) is 30.2 Å². The number of amidine groups is 1. The zero-order valence-electron chi connectivity index (χ0n) is 11.4. The Morgan fingerprint density at radius 3 is 2.65 bits per heavy atom. The molecule has 112 valence electrons. The highest BCUT2D eigenvalue weighted by atomic mass is 35.5. The van der Waals surface area contributed by atoms with E-state index in [1.54, 1.807) is 0 Å². The van der Waals surface area contributed by atoms with Crippen molar-refractivity contribution in [2.75, 3.05) is 13.2 Å². The van der Waals surface area contributed by atoms with Crippen LogP contribution >= 0.6 is 11.6 Å². The fourth-order valence-electron chi connectivity index (χ4n) is 1.95. The minimum absolute atomic E-state index is 0.00608. The second-order valence-electron chi connectivity index (χ2n) is 4.52. The first-order chi connectivity index (χ1) is 9.58. The molecule has 0 amide bonds. The van der Waals surface area contributed by atoms with Crippen LogP contribution in [0.5, 0.6) is 0 Å². The van der Waals surface area contributed by atoms with Gasteiger partial charge in [-0.2, -0.15) is 5.48 Å². The molecule has 0 bridgehead atoms. The number of benzene rings is 1. The van der Waals surface area contributed by atoms with E-state index >= 15 is 0 Å². The van der Waals surface area contributed by atoms with E-state index in [0.717, 1.165) is 12.0 Å². The summed E-state index contributed by atoms with van der Waals surface area (Å²) in [5, 5.41) is 12.0. The van der Waals surface area contributed by atoms with E-state index in [9.17, 15) is 0 Å². The van der Waals surface area contributed by atoms with Crippen molar-refractivity contribution in [1.29, 1.82) is 0 Å². The Bertz CT molecular complexity index is 425.